The van der Waals surface area contributed by atoms with Crippen molar-refractivity contribution in [2.45, 2.75) is 6.92 Å². The summed E-state index contributed by atoms with van der Waals surface area (Å²) < 4.78 is 1.98. The Kier molecular flexibility index (Phi) is 2.49. The van der Waals surface area contributed by atoms with Crippen LogP contribution in [0.15, 0.2) is 42.6 Å². The van der Waals surface area contributed by atoms with Crippen LogP contribution in [0.4, 0.5) is 0 Å². The molecule has 0 amide bonds. The summed E-state index contributed by atoms with van der Waals surface area (Å²) in [4.78, 5) is 4.49. The number of fused-ring (bicyclic) bond motifs is 1. The maximum absolute atomic E-state index is 9.87. The fourth-order valence-electron chi connectivity index (χ4n) is 1.99. The van der Waals surface area contributed by atoms with Gasteiger partial charge in [-0.25, -0.2) is 4.98 Å². The SMILES string of the molecule is Cc1cccc2nc(-c3cc(Cl)ccc3O)cn12. The summed E-state index contributed by atoms with van der Waals surface area (Å²) in [7, 11) is 0. The van der Waals surface area contributed by atoms with E-state index in [9.17, 15) is 5.11 Å². The number of aromatic hydroxyl groups is 1. The number of imidazole rings is 1. The summed E-state index contributed by atoms with van der Waals surface area (Å²) in [6.07, 6.45) is 1.90. The lowest BCUT2D eigenvalue weighted by Gasteiger charge is -2.00. The van der Waals surface area contributed by atoms with Gasteiger partial charge in [-0.15, -0.1) is 0 Å². The number of aryl methyl sites for hydroxylation is 1. The average molecular weight is 259 g/mol. The summed E-state index contributed by atoms with van der Waals surface area (Å²) in [5.41, 5.74) is 3.30. The number of nitrogens with zero attached hydrogens (tertiary/aromatic N) is 2. The molecule has 2 aromatic heterocycles. The van der Waals surface area contributed by atoms with Crippen molar-refractivity contribution in [3.63, 3.8) is 0 Å². The predicted molar refractivity (Wildman–Crippen MR) is 72.0 cm³/mol. The van der Waals surface area contributed by atoms with Gasteiger partial charge in [-0.05, 0) is 37.3 Å². The highest BCUT2D eigenvalue weighted by Crippen LogP contribution is 2.31. The van der Waals surface area contributed by atoms with E-state index >= 15 is 0 Å². The molecule has 4 heteroatoms. The summed E-state index contributed by atoms with van der Waals surface area (Å²) in [6.45, 7) is 2.01. The van der Waals surface area contributed by atoms with Crippen molar-refractivity contribution in [3.8, 4) is 17.0 Å². The Morgan fingerprint density at radius 1 is 1.22 bits per heavy atom. The molecule has 1 N–H and O–H groups in total. The second kappa shape index (κ2) is 4.03. The molecule has 0 saturated carbocycles. The molecule has 90 valence electrons. The quantitative estimate of drug-likeness (QED) is 0.723. The Morgan fingerprint density at radius 3 is 2.83 bits per heavy atom. The topological polar surface area (TPSA) is 37.5 Å². The number of phenolic OH excluding ortho intramolecular Hbond substituents is 1. The summed E-state index contributed by atoms with van der Waals surface area (Å²) in [5, 5.41) is 10.5. The van der Waals surface area contributed by atoms with Crippen LogP contribution < -0.4 is 0 Å². The first-order chi connectivity index (χ1) is 8.65. The molecule has 0 radical (unpaired) electrons. The minimum absolute atomic E-state index is 0.181. The number of aromatic nitrogens is 2. The molecule has 0 saturated heterocycles. The van der Waals surface area contributed by atoms with E-state index < -0.39 is 0 Å². The Balaban J connectivity index is 2.26. The summed E-state index contributed by atoms with van der Waals surface area (Å²) in [6, 6.07) is 10.8. The fraction of sp³-hybridized carbons (Fsp3) is 0.0714. The zero-order chi connectivity index (χ0) is 12.7. The standard InChI is InChI=1S/C14H11ClN2O/c1-9-3-2-4-14-16-12(8-17(9)14)11-7-10(15)5-6-13(11)18/h2-8,18H,1H3. The Hall–Kier alpha value is -2.00. The average Bonchev–Trinajstić information content (AvgIpc) is 2.77. The van der Waals surface area contributed by atoms with E-state index in [0.717, 1.165) is 11.3 Å². The largest absolute Gasteiger partial charge is 0.507 e. The smallest absolute Gasteiger partial charge is 0.137 e. The highest BCUT2D eigenvalue weighted by molar-refractivity contribution is 6.30. The summed E-state index contributed by atoms with van der Waals surface area (Å²) >= 11 is 5.95. The van der Waals surface area contributed by atoms with Gasteiger partial charge >= 0.3 is 0 Å². The van der Waals surface area contributed by atoms with Crippen molar-refractivity contribution in [3.05, 3.63) is 53.3 Å². The van der Waals surface area contributed by atoms with Crippen LogP contribution in [-0.2, 0) is 0 Å². The summed E-state index contributed by atoms with van der Waals surface area (Å²) in [5.74, 6) is 0.181. The van der Waals surface area contributed by atoms with Crippen LogP contribution in [0.2, 0.25) is 5.02 Å². The van der Waals surface area contributed by atoms with Gasteiger partial charge in [0.2, 0.25) is 0 Å². The van der Waals surface area contributed by atoms with Gasteiger partial charge in [0.15, 0.2) is 0 Å². The van der Waals surface area contributed by atoms with Crippen LogP contribution >= 0.6 is 11.6 Å². The first-order valence-corrected chi connectivity index (χ1v) is 5.96. The molecule has 3 aromatic rings. The lowest BCUT2D eigenvalue weighted by atomic mass is 10.1. The predicted octanol–water partition coefficient (Wildman–Crippen LogP) is 3.67. The monoisotopic (exact) mass is 258 g/mol. The van der Waals surface area contributed by atoms with Crippen molar-refractivity contribution in [1.29, 1.82) is 0 Å². The molecule has 1 aromatic carbocycles. The molecule has 0 aliphatic carbocycles. The van der Waals surface area contributed by atoms with Crippen LogP contribution in [-0.4, -0.2) is 14.5 Å². The highest BCUT2D eigenvalue weighted by atomic mass is 35.5. The van der Waals surface area contributed by atoms with E-state index in [-0.39, 0.29) is 5.75 Å². The van der Waals surface area contributed by atoms with Crippen molar-refractivity contribution in [1.82, 2.24) is 9.38 Å². The van der Waals surface area contributed by atoms with Gasteiger partial charge in [0, 0.05) is 22.5 Å². The van der Waals surface area contributed by atoms with E-state index in [1.165, 1.54) is 0 Å². The van der Waals surface area contributed by atoms with Crippen molar-refractivity contribution in [2.75, 3.05) is 0 Å². The molecule has 0 atom stereocenters. The minimum atomic E-state index is 0.181. The molecule has 18 heavy (non-hydrogen) atoms. The molecule has 2 heterocycles. The Labute approximate surface area is 109 Å². The number of phenols is 1. The molecule has 3 nitrogen and oxygen atoms in total. The van der Waals surface area contributed by atoms with Gasteiger partial charge in [-0.2, -0.15) is 0 Å². The third-order valence-corrected chi connectivity index (χ3v) is 3.17. The minimum Gasteiger partial charge on any atom is -0.507 e. The van der Waals surface area contributed by atoms with Crippen LogP contribution in [0.3, 0.4) is 0 Å². The second-order valence-electron chi connectivity index (χ2n) is 4.18. The number of benzene rings is 1. The molecule has 0 aliphatic rings. The van der Waals surface area contributed by atoms with Crippen molar-refractivity contribution >= 4 is 17.2 Å². The third-order valence-electron chi connectivity index (χ3n) is 2.93. The maximum atomic E-state index is 9.87. The molecule has 0 spiro atoms. The zero-order valence-corrected chi connectivity index (χ0v) is 10.5. The molecule has 0 fully saturated rings. The normalized spacial score (nSPS) is 11.0. The van der Waals surface area contributed by atoms with Crippen molar-refractivity contribution < 1.29 is 5.11 Å². The lowest BCUT2D eigenvalue weighted by molar-refractivity contribution is 0.477. The second-order valence-corrected chi connectivity index (χ2v) is 4.62. The maximum Gasteiger partial charge on any atom is 0.137 e. The number of hydrogen-bond donors (Lipinski definition) is 1. The molecule has 3 rings (SSSR count). The van der Waals surface area contributed by atoms with Crippen LogP contribution in [0.25, 0.3) is 16.9 Å². The van der Waals surface area contributed by atoms with E-state index in [2.05, 4.69) is 4.98 Å². The van der Waals surface area contributed by atoms with Gasteiger partial charge in [0.1, 0.15) is 11.4 Å². The lowest BCUT2D eigenvalue weighted by Crippen LogP contribution is -1.86. The zero-order valence-electron chi connectivity index (χ0n) is 9.76. The van der Waals surface area contributed by atoms with Gasteiger partial charge < -0.3 is 9.51 Å². The number of hydrogen-bond acceptors (Lipinski definition) is 2. The van der Waals surface area contributed by atoms with E-state index in [1.807, 2.05) is 35.7 Å². The Morgan fingerprint density at radius 2 is 2.06 bits per heavy atom. The Bertz CT molecular complexity index is 734. The van der Waals surface area contributed by atoms with Gasteiger partial charge in [0.05, 0.1) is 5.69 Å². The van der Waals surface area contributed by atoms with Crippen LogP contribution in [0.1, 0.15) is 5.69 Å². The van der Waals surface area contributed by atoms with E-state index in [4.69, 9.17) is 11.6 Å². The number of halogens is 1. The van der Waals surface area contributed by atoms with Crippen LogP contribution in [0.5, 0.6) is 5.75 Å². The molecule has 0 aliphatic heterocycles. The third kappa shape index (κ3) is 1.73. The molecule has 0 bridgehead atoms. The first kappa shape index (κ1) is 11.1. The van der Waals surface area contributed by atoms with Crippen LogP contribution in [0, 0.1) is 6.92 Å². The van der Waals surface area contributed by atoms with E-state index in [1.54, 1.807) is 18.2 Å². The van der Waals surface area contributed by atoms with Gasteiger partial charge in [0.25, 0.3) is 0 Å². The fourth-order valence-corrected chi connectivity index (χ4v) is 2.16. The van der Waals surface area contributed by atoms with Crippen molar-refractivity contribution in [2.24, 2.45) is 0 Å². The molecule has 0 unspecified atom stereocenters. The van der Waals surface area contributed by atoms with Gasteiger partial charge in [-0.1, -0.05) is 17.7 Å². The van der Waals surface area contributed by atoms with E-state index in [0.29, 0.717) is 16.3 Å². The highest BCUT2D eigenvalue weighted by Gasteiger charge is 2.10. The molecular formula is C14H11ClN2O. The number of rotatable bonds is 1. The molecular weight excluding hydrogens is 248 g/mol. The first-order valence-electron chi connectivity index (χ1n) is 5.59. The number of pyridine rings is 1. The van der Waals surface area contributed by atoms with Gasteiger partial charge in [-0.3, -0.25) is 0 Å².